The zero-order valence-corrected chi connectivity index (χ0v) is 22.2. The van der Waals surface area contributed by atoms with Crippen LogP contribution >= 0.6 is 0 Å². The van der Waals surface area contributed by atoms with Crippen LogP contribution in [0.2, 0.25) is 0 Å². The summed E-state index contributed by atoms with van der Waals surface area (Å²) in [5, 5.41) is 32.8. The van der Waals surface area contributed by atoms with Crippen LogP contribution in [0, 0.1) is 50.7 Å². The molecular formula is C30H50O3. The molecule has 0 aromatic carbocycles. The fraction of sp³-hybridized carbons (Fsp3) is 0.933. The number of hydrogen-bond acceptors (Lipinski definition) is 3. The Balaban J connectivity index is 1.45. The van der Waals surface area contributed by atoms with Crippen molar-refractivity contribution >= 4 is 0 Å². The number of allylic oxidation sites excluding steroid dienone is 2. The summed E-state index contributed by atoms with van der Waals surface area (Å²) < 4.78 is 0. The van der Waals surface area contributed by atoms with Crippen LogP contribution in [0.4, 0.5) is 0 Å². The third-order valence-corrected chi connectivity index (χ3v) is 13.0. The van der Waals surface area contributed by atoms with Gasteiger partial charge in [-0.25, -0.2) is 0 Å². The maximum absolute atomic E-state index is 11.5. The lowest BCUT2D eigenvalue weighted by molar-refractivity contribution is -0.163. The molecule has 5 saturated carbocycles. The number of hydrogen-bond donors (Lipinski definition) is 3. The molecule has 3 heteroatoms. The SMILES string of the molecule is CC(C)=CCC[C@@H](CO)[C@H]1[C@@H](O)C[C@@]2(C)[C@@H]3CC[C@H]4C(C)(C)[C@@H](O)CC[C@@]45C[C@@]35CC[C@]12C. The average Bonchev–Trinajstić information content (AvgIpc) is 3.35. The Morgan fingerprint density at radius 1 is 0.909 bits per heavy atom. The smallest absolute Gasteiger partial charge is 0.0594 e. The monoisotopic (exact) mass is 458 g/mol. The van der Waals surface area contributed by atoms with E-state index in [1.165, 1.54) is 44.1 Å². The van der Waals surface area contributed by atoms with Crippen LogP contribution in [0.25, 0.3) is 0 Å². The van der Waals surface area contributed by atoms with Crippen LogP contribution in [-0.4, -0.2) is 34.1 Å². The first-order valence-corrected chi connectivity index (χ1v) is 14.0. The van der Waals surface area contributed by atoms with Crippen molar-refractivity contribution in [3.8, 4) is 0 Å². The van der Waals surface area contributed by atoms with Gasteiger partial charge in [0.1, 0.15) is 0 Å². The van der Waals surface area contributed by atoms with Gasteiger partial charge in [-0.1, -0.05) is 39.3 Å². The van der Waals surface area contributed by atoms with E-state index in [-0.39, 0.29) is 46.9 Å². The highest BCUT2D eigenvalue weighted by atomic mass is 16.3. The summed E-state index contributed by atoms with van der Waals surface area (Å²) in [6.07, 6.45) is 13.2. The molecule has 5 fully saturated rings. The quantitative estimate of drug-likeness (QED) is 0.435. The van der Waals surface area contributed by atoms with E-state index in [2.05, 4.69) is 47.6 Å². The van der Waals surface area contributed by atoms with Gasteiger partial charge in [0.2, 0.25) is 0 Å². The van der Waals surface area contributed by atoms with Crippen molar-refractivity contribution in [2.45, 2.75) is 118 Å². The van der Waals surface area contributed by atoms with Crippen molar-refractivity contribution in [2.75, 3.05) is 6.61 Å². The van der Waals surface area contributed by atoms with Crippen molar-refractivity contribution in [3.63, 3.8) is 0 Å². The Labute approximate surface area is 202 Å². The van der Waals surface area contributed by atoms with Crippen molar-refractivity contribution in [1.82, 2.24) is 0 Å². The second-order valence-electron chi connectivity index (χ2n) is 14.5. The first kappa shape index (κ1) is 24.3. The van der Waals surface area contributed by atoms with Gasteiger partial charge in [0, 0.05) is 6.61 Å². The van der Waals surface area contributed by atoms with Gasteiger partial charge >= 0.3 is 0 Å². The van der Waals surface area contributed by atoms with Gasteiger partial charge in [0.05, 0.1) is 12.2 Å². The van der Waals surface area contributed by atoms with Gasteiger partial charge in [-0.05, 0) is 129 Å². The summed E-state index contributed by atoms with van der Waals surface area (Å²) in [5.41, 5.74) is 2.48. The molecule has 0 unspecified atom stereocenters. The maximum atomic E-state index is 11.5. The Kier molecular flexibility index (Phi) is 5.57. The Morgan fingerprint density at radius 3 is 2.24 bits per heavy atom. The molecular weight excluding hydrogens is 408 g/mol. The maximum Gasteiger partial charge on any atom is 0.0594 e. The molecule has 10 atom stereocenters. The first-order chi connectivity index (χ1) is 15.4. The molecule has 3 nitrogen and oxygen atoms in total. The van der Waals surface area contributed by atoms with Crippen LogP contribution in [0.15, 0.2) is 11.6 Å². The second-order valence-corrected chi connectivity index (χ2v) is 14.5. The van der Waals surface area contributed by atoms with Crippen LogP contribution in [-0.2, 0) is 0 Å². The lowest BCUT2D eigenvalue weighted by atomic mass is 9.41. The van der Waals surface area contributed by atoms with Crippen molar-refractivity contribution < 1.29 is 15.3 Å². The molecule has 0 aliphatic heterocycles. The van der Waals surface area contributed by atoms with Crippen LogP contribution in [0.3, 0.4) is 0 Å². The van der Waals surface area contributed by atoms with E-state index in [0.29, 0.717) is 22.7 Å². The van der Waals surface area contributed by atoms with Crippen LogP contribution in [0.5, 0.6) is 0 Å². The molecule has 5 aliphatic rings. The minimum atomic E-state index is -0.295. The topological polar surface area (TPSA) is 60.7 Å². The molecule has 33 heavy (non-hydrogen) atoms. The molecule has 0 saturated heterocycles. The predicted octanol–water partition coefficient (Wildman–Crippen LogP) is 6.11. The molecule has 188 valence electrons. The normalized spacial score (nSPS) is 52.7. The van der Waals surface area contributed by atoms with Gasteiger partial charge in [0.25, 0.3) is 0 Å². The zero-order chi connectivity index (χ0) is 24.0. The minimum absolute atomic E-state index is 0.0268. The molecule has 0 aromatic rings. The summed E-state index contributed by atoms with van der Waals surface area (Å²) in [6.45, 7) is 14.2. The number of fused-ring (bicyclic) bond motifs is 2. The molecule has 0 radical (unpaired) electrons. The van der Waals surface area contributed by atoms with Crippen LogP contribution in [0.1, 0.15) is 106 Å². The standard InChI is InChI=1S/C30H50O3/c1-19(2)8-7-9-20(17-31)25-21(32)16-28(6)23-11-10-22-26(3,4)24(33)12-13-29(22)18-30(23,29)15-14-27(25,28)5/h8,20-25,31-33H,7,9-18H2,1-6H3/t20-,21-,22-,23-,24-,25-,27+,28-,29+,30-/m0/s1. The fourth-order valence-electron chi connectivity index (χ4n) is 11.3. The van der Waals surface area contributed by atoms with Gasteiger partial charge in [0.15, 0.2) is 0 Å². The Hall–Kier alpha value is -0.380. The van der Waals surface area contributed by atoms with E-state index >= 15 is 0 Å². The third kappa shape index (κ3) is 2.97. The molecule has 5 rings (SSSR count). The minimum Gasteiger partial charge on any atom is -0.396 e. The predicted molar refractivity (Wildman–Crippen MR) is 134 cm³/mol. The third-order valence-electron chi connectivity index (χ3n) is 13.0. The van der Waals surface area contributed by atoms with E-state index in [1.54, 1.807) is 0 Å². The molecule has 0 amide bonds. The van der Waals surface area contributed by atoms with Gasteiger partial charge in [-0.3, -0.25) is 0 Å². The summed E-state index contributed by atoms with van der Waals surface area (Å²) in [5.74, 6) is 1.72. The summed E-state index contributed by atoms with van der Waals surface area (Å²) >= 11 is 0. The van der Waals surface area contributed by atoms with Gasteiger partial charge < -0.3 is 15.3 Å². The Bertz CT molecular complexity index is 813. The lowest BCUT2D eigenvalue weighted by Crippen LogP contribution is -2.57. The van der Waals surface area contributed by atoms with Crippen molar-refractivity contribution in [2.24, 2.45) is 50.7 Å². The average molecular weight is 459 g/mol. The summed E-state index contributed by atoms with van der Waals surface area (Å²) in [7, 11) is 0. The molecule has 3 N–H and O–H groups in total. The van der Waals surface area contributed by atoms with E-state index in [4.69, 9.17) is 0 Å². The highest BCUT2D eigenvalue weighted by Gasteiger charge is 2.82. The van der Waals surface area contributed by atoms with Crippen molar-refractivity contribution in [1.29, 1.82) is 0 Å². The van der Waals surface area contributed by atoms with Crippen LogP contribution < -0.4 is 0 Å². The zero-order valence-electron chi connectivity index (χ0n) is 22.2. The highest BCUT2D eigenvalue weighted by molar-refractivity contribution is 5.31. The highest BCUT2D eigenvalue weighted by Crippen LogP contribution is 2.89. The first-order valence-electron chi connectivity index (χ1n) is 14.0. The summed E-state index contributed by atoms with van der Waals surface area (Å²) in [4.78, 5) is 0. The molecule has 2 spiro atoms. The van der Waals surface area contributed by atoms with Crippen molar-refractivity contribution in [3.05, 3.63) is 11.6 Å². The molecule has 5 aliphatic carbocycles. The number of aliphatic hydroxyl groups is 3. The Morgan fingerprint density at radius 2 is 1.58 bits per heavy atom. The lowest BCUT2D eigenvalue weighted by Gasteiger charge is -2.63. The van der Waals surface area contributed by atoms with E-state index in [0.717, 1.165) is 25.7 Å². The second kappa shape index (κ2) is 7.56. The molecule has 0 heterocycles. The van der Waals surface area contributed by atoms with E-state index in [9.17, 15) is 15.3 Å². The van der Waals surface area contributed by atoms with E-state index in [1.807, 2.05) is 0 Å². The van der Waals surface area contributed by atoms with E-state index < -0.39 is 0 Å². The largest absolute Gasteiger partial charge is 0.396 e. The van der Waals surface area contributed by atoms with Gasteiger partial charge in [-0.15, -0.1) is 0 Å². The van der Waals surface area contributed by atoms with Gasteiger partial charge in [-0.2, -0.15) is 0 Å². The molecule has 0 aromatic heterocycles. The fourth-order valence-corrected chi connectivity index (χ4v) is 11.3. The molecule has 0 bridgehead atoms. The summed E-state index contributed by atoms with van der Waals surface area (Å²) in [6, 6.07) is 0. The number of rotatable bonds is 5. The number of aliphatic hydroxyl groups excluding tert-OH is 3.